The lowest BCUT2D eigenvalue weighted by Gasteiger charge is -2.27. The first-order chi connectivity index (χ1) is 9.11. The normalized spacial score (nSPS) is 23.8. The Bertz CT molecular complexity index is 425. The minimum absolute atomic E-state index is 0.246. The SMILES string of the molecule is CCC1CCCC(C(=O)Cc2ncnn2C(C)C)C1. The second kappa shape index (κ2) is 6.31. The maximum Gasteiger partial charge on any atom is 0.143 e. The first-order valence-electron chi connectivity index (χ1n) is 7.52. The van der Waals surface area contributed by atoms with E-state index in [0.717, 1.165) is 24.6 Å². The molecule has 1 aromatic heterocycles. The summed E-state index contributed by atoms with van der Waals surface area (Å²) in [4.78, 5) is 16.7. The summed E-state index contributed by atoms with van der Waals surface area (Å²) < 4.78 is 1.86. The number of carbonyl (C=O) groups is 1. The summed E-state index contributed by atoms with van der Waals surface area (Å²) in [6.07, 6.45) is 7.83. The molecule has 0 amide bonds. The van der Waals surface area contributed by atoms with Gasteiger partial charge in [-0.05, 0) is 32.6 Å². The zero-order chi connectivity index (χ0) is 13.8. The van der Waals surface area contributed by atoms with Gasteiger partial charge in [0, 0.05) is 12.0 Å². The Hall–Kier alpha value is -1.19. The number of hydrogen-bond donors (Lipinski definition) is 0. The molecule has 1 aliphatic rings. The topological polar surface area (TPSA) is 47.8 Å². The fourth-order valence-corrected chi connectivity index (χ4v) is 3.09. The summed E-state index contributed by atoms with van der Waals surface area (Å²) in [7, 11) is 0. The highest BCUT2D eigenvalue weighted by Crippen LogP contribution is 2.32. The van der Waals surface area contributed by atoms with Crippen molar-refractivity contribution in [2.24, 2.45) is 11.8 Å². The molecule has 0 N–H and O–H groups in total. The van der Waals surface area contributed by atoms with E-state index in [1.54, 1.807) is 6.33 Å². The smallest absolute Gasteiger partial charge is 0.143 e. The molecule has 1 heterocycles. The van der Waals surface area contributed by atoms with Crippen LogP contribution in [0.4, 0.5) is 0 Å². The van der Waals surface area contributed by atoms with E-state index in [9.17, 15) is 4.79 Å². The lowest BCUT2D eigenvalue weighted by atomic mass is 9.77. The molecule has 1 aromatic rings. The van der Waals surface area contributed by atoms with E-state index in [4.69, 9.17) is 0 Å². The number of Topliss-reactive ketones (excluding diaryl/α,β-unsaturated/α-hetero) is 1. The third kappa shape index (κ3) is 3.43. The monoisotopic (exact) mass is 263 g/mol. The Morgan fingerprint density at radius 3 is 2.95 bits per heavy atom. The van der Waals surface area contributed by atoms with Crippen LogP contribution in [0.5, 0.6) is 0 Å². The van der Waals surface area contributed by atoms with E-state index < -0.39 is 0 Å². The summed E-state index contributed by atoms with van der Waals surface area (Å²) in [5.41, 5.74) is 0. The minimum Gasteiger partial charge on any atom is -0.299 e. The first-order valence-corrected chi connectivity index (χ1v) is 7.52. The van der Waals surface area contributed by atoms with Crippen LogP contribution in [0.3, 0.4) is 0 Å². The van der Waals surface area contributed by atoms with Crippen molar-refractivity contribution in [3.8, 4) is 0 Å². The summed E-state index contributed by atoms with van der Waals surface area (Å²) >= 11 is 0. The molecule has 0 saturated heterocycles. The standard InChI is InChI=1S/C15H25N3O/c1-4-12-6-5-7-13(8-12)14(19)9-15-16-10-17-18(15)11(2)3/h10-13H,4-9H2,1-3H3. The van der Waals surface area contributed by atoms with Gasteiger partial charge in [-0.1, -0.05) is 26.2 Å². The zero-order valence-corrected chi connectivity index (χ0v) is 12.3. The van der Waals surface area contributed by atoms with Gasteiger partial charge in [0.1, 0.15) is 17.9 Å². The van der Waals surface area contributed by atoms with Gasteiger partial charge in [-0.3, -0.25) is 4.79 Å². The second-order valence-corrected chi connectivity index (χ2v) is 6.00. The largest absolute Gasteiger partial charge is 0.299 e. The average Bonchev–Trinajstić information content (AvgIpc) is 2.87. The van der Waals surface area contributed by atoms with E-state index in [2.05, 4.69) is 30.9 Å². The average molecular weight is 263 g/mol. The predicted octanol–water partition coefficient (Wildman–Crippen LogP) is 3.19. The Kier molecular flexibility index (Phi) is 4.72. The highest BCUT2D eigenvalue weighted by atomic mass is 16.1. The fraction of sp³-hybridized carbons (Fsp3) is 0.800. The van der Waals surface area contributed by atoms with E-state index in [-0.39, 0.29) is 12.0 Å². The van der Waals surface area contributed by atoms with Crippen LogP contribution < -0.4 is 0 Å². The van der Waals surface area contributed by atoms with Gasteiger partial charge in [0.2, 0.25) is 0 Å². The molecule has 1 fully saturated rings. The Morgan fingerprint density at radius 1 is 1.47 bits per heavy atom. The van der Waals surface area contributed by atoms with Gasteiger partial charge in [-0.25, -0.2) is 9.67 Å². The van der Waals surface area contributed by atoms with E-state index >= 15 is 0 Å². The molecule has 0 radical (unpaired) electrons. The van der Waals surface area contributed by atoms with Gasteiger partial charge in [-0.15, -0.1) is 0 Å². The van der Waals surface area contributed by atoms with Crippen molar-refractivity contribution in [3.05, 3.63) is 12.2 Å². The van der Waals surface area contributed by atoms with Crippen molar-refractivity contribution >= 4 is 5.78 Å². The highest BCUT2D eigenvalue weighted by molar-refractivity contribution is 5.82. The van der Waals surface area contributed by atoms with Gasteiger partial charge in [0.15, 0.2) is 0 Å². The lowest BCUT2D eigenvalue weighted by molar-refractivity contribution is -0.123. The molecular weight excluding hydrogens is 238 g/mol. The molecular formula is C15H25N3O. The summed E-state index contributed by atoms with van der Waals surface area (Å²) in [5.74, 6) is 2.16. The lowest BCUT2D eigenvalue weighted by Crippen LogP contribution is -2.25. The number of rotatable bonds is 5. The molecule has 0 aromatic carbocycles. The second-order valence-electron chi connectivity index (χ2n) is 6.00. The van der Waals surface area contributed by atoms with Gasteiger partial charge >= 0.3 is 0 Å². The van der Waals surface area contributed by atoms with E-state index in [1.807, 2.05) is 4.68 Å². The van der Waals surface area contributed by atoms with Crippen molar-refractivity contribution in [1.82, 2.24) is 14.8 Å². The van der Waals surface area contributed by atoms with Gasteiger partial charge in [0.05, 0.1) is 6.42 Å². The molecule has 2 unspecified atom stereocenters. The Labute approximate surface area is 115 Å². The van der Waals surface area contributed by atoms with Crippen LogP contribution in [0.1, 0.15) is 64.7 Å². The van der Waals surface area contributed by atoms with Gasteiger partial charge in [-0.2, -0.15) is 5.10 Å². The Morgan fingerprint density at radius 2 is 2.26 bits per heavy atom. The van der Waals surface area contributed by atoms with Crippen LogP contribution in [0.2, 0.25) is 0 Å². The Balaban J connectivity index is 1.98. The maximum atomic E-state index is 12.4. The summed E-state index contributed by atoms with van der Waals surface area (Å²) in [6.45, 7) is 6.36. The van der Waals surface area contributed by atoms with Crippen LogP contribution in [0.15, 0.2) is 6.33 Å². The number of hydrogen-bond acceptors (Lipinski definition) is 3. The molecule has 19 heavy (non-hydrogen) atoms. The highest BCUT2D eigenvalue weighted by Gasteiger charge is 2.27. The molecule has 4 heteroatoms. The zero-order valence-electron chi connectivity index (χ0n) is 12.3. The minimum atomic E-state index is 0.246. The molecule has 4 nitrogen and oxygen atoms in total. The number of ketones is 1. The van der Waals surface area contributed by atoms with Crippen LogP contribution in [0.25, 0.3) is 0 Å². The summed E-state index contributed by atoms with van der Waals surface area (Å²) in [6, 6.07) is 0.264. The first kappa shape index (κ1) is 14.2. The quantitative estimate of drug-likeness (QED) is 0.819. The van der Waals surface area contributed by atoms with Crippen LogP contribution in [0, 0.1) is 11.8 Å². The van der Waals surface area contributed by atoms with E-state index in [0.29, 0.717) is 12.2 Å². The van der Waals surface area contributed by atoms with Crippen molar-refractivity contribution < 1.29 is 4.79 Å². The molecule has 106 valence electrons. The molecule has 1 saturated carbocycles. The van der Waals surface area contributed by atoms with Crippen molar-refractivity contribution in [2.45, 2.75) is 65.3 Å². The number of aromatic nitrogens is 3. The van der Waals surface area contributed by atoms with Gasteiger partial charge in [0.25, 0.3) is 0 Å². The molecule has 0 bridgehead atoms. The van der Waals surface area contributed by atoms with Crippen LogP contribution in [-0.2, 0) is 11.2 Å². The van der Waals surface area contributed by atoms with Gasteiger partial charge < -0.3 is 0 Å². The molecule has 1 aliphatic carbocycles. The van der Waals surface area contributed by atoms with Crippen LogP contribution >= 0.6 is 0 Å². The predicted molar refractivity (Wildman–Crippen MR) is 74.9 cm³/mol. The maximum absolute atomic E-state index is 12.4. The molecule has 0 aliphatic heterocycles. The van der Waals surface area contributed by atoms with Crippen molar-refractivity contribution in [1.29, 1.82) is 0 Å². The number of nitrogens with zero attached hydrogens (tertiary/aromatic N) is 3. The van der Waals surface area contributed by atoms with Crippen molar-refractivity contribution in [2.75, 3.05) is 0 Å². The third-order valence-electron chi connectivity index (χ3n) is 4.28. The molecule has 2 atom stereocenters. The third-order valence-corrected chi connectivity index (χ3v) is 4.28. The molecule has 2 rings (SSSR count). The van der Waals surface area contributed by atoms with Crippen molar-refractivity contribution in [3.63, 3.8) is 0 Å². The number of carbonyl (C=O) groups excluding carboxylic acids is 1. The fourth-order valence-electron chi connectivity index (χ4n) is 3.09. The van der Waals surface area contributed by atoms with Crippen LogP contribution in [-0.4, -0.2) is 20.5 Å². The summed E-state index contributed by atoms with van der Waals surface area (Å²) in [5, 5.41) is 4.20. The molecule has 0 spiro atoms. The van der Waals surface area contributed by atoms with E-state index in [1.165, 1.54) is 19.3 Å².